The second kappa shape index (κ2) is 5.40. The highest BCUT2D eigenvalue weighted by Gasteiger charge is 2.09. The fourth-order valence-corrected chi connectivity index (χ4v) is 2.21. The second-order valence-electron chi connectivity index (χ2n) is 4.21. The maximum Gasteiger partial charge on any atom is 0.331 e. The first-order valence-electron chi connectivity index (χ1n) is 5.91. The molecule has 0 aliphatic heterocycles. The molecular weight excluding hydrogens is 252 g/mol. The van der Waals surface area contributed by atoms with Crippen molar-refractivity contribution in [2.45, 2.75) is 19.4 Å². The lowest BCUT2D eigenvalue weighted by Crippen LogP contribution is -2.39. The summed E-state index contributed by atoms with van der Waals surface area (Å²) >= 11 is 5.60. The average Bonchev–Trinajstić information content (AvgIpc) is 2.40. The van der Waals surface area contributed by atoms with Crippen LogP contribution in [0.5, 0.6) is 0 Å². The van der Waals surface area contributed by atoms with E-state index in [9.17, 15) is 9.59 Å². The first-order chi connectivity index (χ1) is 8.66. The zero-order valence-corrected chi connectivity index (χ0v) is 11.0. The number of aromatic nitrogens is 2. The Bertz CT molecular complexity index is 673. The van der Waals surface area contributed by atoms with Gasteiger partial charge in [0.25, 0.3) is 5.56 Å². The van der Waals surface area contributed by atoms with Crippen LogP contribution in [0.15, 0.2) is 33.9 Å². The van der Waals surface area contributed by atoms with E-state index >= 15 is 0 Å². The SMILES string of the molecule is Cn1c(=O)n(CCCCCl)c(=O)c2ccccc21. The predicted molar refractivity (Wildman–Crippen MR) is 73.4 cm³/mol. The van der Waals surface area contributed by atoms with Crippen molar-refractivity contribution in [3.63, 3.8) is 0 Å². The predicted octanol–water partition coefficient (Wildman–Crippen LogP) is 1.72. The summed E-state index contributed by atoms with van der Waals surface area (Å²) in [6.45, 7) is 0.420. The summed E-state index contributed by atoms with van der Waals surface area (Å²) in [5, 5.41) is 0.575. The molecular formula is C13H15ClN2O2. The Hall–Kier alpha value is -1.55. The summed E-state index contributed by atoms with van der Waals surface area (Å²) < 4.78 is 2.80. The standard InChI is InChI=1S/C13H15ClN2O2/c1-15-11-7-3-2-6-10(11)12(17)16(13(15)18)9-5-4-8-14/h2-3,6-7H,4-5,8-9H2,1H3. The summed E-state index contributed by atoms with van der Waals surface area (Å²) in [5.74, 6) is 0.544. The number of unbranched alkanes of at least 4 members (excludes halogenated alkanes) is 1. The van der Waals surface area contributed by atoms with Crippen LogP contribution in [0.2, 0.25) is 0 Å². The van der Waals surface area contributed by atoms with Crippen molar-refractivity contribution in [3.05, 3.63) is 45.1 Å². The van der Waals surface area contributed by atoms with Crippen LogP contribution in [0.1, 0.15) is 12.8 Å². The van der Waals surface area contributed by atoms with Gasteiger partial charge in [0.15, 0.2) is 0 Å². The third-order valence-corrected chi connectivity index (χ3v) is 3.29. The van der Waals surface area contributed by atoms with E-state index in [0.29, 0.717) is 23.3 Å². The summed E-state index contributed by atoms with van der Waals surface area (Å²) in [4.78, 5) is 24.3. The van der Waals surface area contributed by atoms with Crippen molar-refractivity contribution < 1.29 is 0 Å². The molecule has 0 bridgehead atoms. The van der Waals surface area contributed by atoms with Crippen LogP contribution in [-0.4, -0.2) is 15.0 Å². The minimum absolute atomic E-state index is 0.219. The average molecular weight is 267 g/mol. The van der Waals surface area contributed by atoms with E-state index in [1.807, 2.05) is 6.07 Å². The molecule has 0 atom stereocenters. The highest BCUT2D eigenvalue weighted by molar-refractivity contribution is 6.17. The van der Waals surface area contributed by atoms with E-state index in [2.05, 4.69) is 0 Å². The van der Waals surface area contributed by atoms with Gasteiger partial charge >= 0.3 is 5.69 Å². The molecule has 2 aromatic rings. The van der Waals surface area contributed by atoms with Gasteiger partial charge in [0.1, 0.15) is 0 Å². The maximum absolute atomic E-state index is 12.2. The number of para-hydroxylation sites is 1. The van der Waals surface area contributed by atoms with Crippen LogP contribution < -0.4 is 11.2 Å². The molecule has 2 rings (SSSR count). The van der Waals surface area contributed by atoms with Gasteiger partial charge in [0.2, 0.25) is 0 Å². The third kappa shape index (κ3) is 2.20. The zero-order chi connectivity index (χ0) is 13.1. The number of alkyl halides is 1. The summed E-state index contributed by atoms with van der Waals surface area (Å²) in [5.41, 5.74) is 0.178. The quantitative estimate of drug-likeness (QED) is 0.625. The van der Waals surface area contributed by atoms with Crippen LogP contribution in [0.4, 0.5) is 0 Å². The van der Waals surface area contributed by atoms with Gasteiger partial charge in [0.05, 0.1) is 10.9 Å². The number of halogens is 1. The number of nitrogens with zero attached hydrogens (tertiary/aromatic N) is 2. The Morgan fingerprint density at radius 1 is 1.17 bits per heavy atom. The fourth-order valence-electron chi connectivity index (χ4n) is 2.02. The number of hydrogen-bond donors (Lipinski definition) is 0. The Kier molecular flexibility index (Phi) is 3.87. The van der Waals surface area contributed by atoms with Crippen molar-refractivity contribution in [3.8, 4) is 0 Å². The highest BCUT2D eigenvalue weighted by atomic mass is 35.5. The summed E-state index contributed by atoms with van der Waals surface area (Å²) in [6, 6.07) is 7.15. The van der Waals surface area contributed by atoms with E-state index in [1.54, 1.807) is 25.2 Å². The zero-order valence-electron chi connectivity index (χ0n) is 10.2. The van der Waals surface area contributed by atoms with Gasteiger partial charge in [0, 0.05) is 19.5 Å². The van der Waals surface area contributed by atoms with Gasteiger partial charge in [-0.25, -0.2) is 4.79 Å². The van der Waals surface area contributed by atoms with Gasteiger partial charge in [-0.15, -0.1) is 11.6 Å². The van der Waals surface area contributed by atoms with Gasteiger partial charge in [-0.05, 0) is 25.0 Å². The van der Waals surface area contributed by atoms with E-state index in [-0.39, 0.29) is 11.2 Å². The lowest BCUT2D eigenvalue weighted by Gasteiger charge is -2.10. The number of benzene rings is 1. The van der Waals surface area contributed by atoms with Crippen LogP contribution in [-0.2, 0) is 13.6 Å². The minimum Gasteiger partial charge on any atom is -0.296 e. The van der Waals surface area contributed by atoms with E-state index < -0.39 is 0 Å². The number of hydrogen-bond acceptors (Lipinski definition) is 2. The van der Waals surface area contributed by atoms with Gasteiger partial charge in [-0.3, -0.25) is 13.9 Å². The molecule has 4 nitrogen and oxygen atoms in total. The molecule has 0 spiro atoms. The number of rotatable bonds is 4. The molecule has 0 saturated heterocycles. The first-order valence-corrected chi connectivity index (χ1v) is 6.45. The molecule has 0 unspecified atom stereocenters. The second-order valence-corrected chi connectivity index (χ2v) is 4.59. The van der Waals surface area contributed by atoms with Crippen LogP contribution in [0.3, 0.4) is 0 Å². The Balaban J connectivity index is 2.60. The Morgan fingerprint density at radius 3 is 2.61 bits per heavy atom. The Labute approximate surface area is 109 Å². The van der Waals surface area contributed by atoms with Crippen LogP contribution in [0.25, 0.3) is 10.9 Å². The van der Waals surface area contributed by atoms with Crippen LogP contribution >= 0.6 is 11.6 Å². The van der Waals surface area contributed by atoms with Crippen molar-refractivity contribution >= 4 is 22.5 Å². The van der Waals surface area contributed by atoms with E-state index in [1.165, 1.54) is 9.13 Å². The minimum atomic E-state index is -0.270. The molecule has 1 heterocycles. The normalized spacial score (nSPS) is 11.0. The maximum atomic E-state index is 12.2. The lowest BCUT2D eigenvalue weighted by atomic mass is 10.2. The van der Waals surface area contributed by atoms with Gasteiger partial charge in [-0.2, -0.15) is 0 Å². The largest absolute Gasteiger partial charge is 0.331 e. The molecule has 1 aromatic heterocycles. The molecule has 0 aliphatic carbocycles. The molecule has 0 N–H and O–H groups in total. The van der Waals surface area contributed by atoms with Gasteiger partial charge in [-0.1, -0.05) is 12.1 Å². The molecule has 5 heteroatoms. The number of aryl methyl sites for hydroxylation is 1. The summed E-state index contributed by atoms with van der Waals surface area (Å²) in [7, 11) is 1.68. The van der Waals surface area contributed by atoms with E-state index in [4.69, 9.17) is 11.6 Å². The smallest absolute Gasteiger partial charge is 0.296 e. The molecule has 0 aliphatic rings. The van der Waals surface area contributed by atoms with Gasteiger partial charge < -0.3 is 0 Å². The fraction of sp³-hybridized carbons (Fsp3) is 0.385. The van der Waals surface area contributed by atoms with Crippen molar-refractivity contribution in [2.75, 3.05) is 5.88 Å². The molecule has 0 saturated carbocycles. The van der Waals surface area contributed by atoms with Crippen LogP contribution in [0, 0.1) is 0 Å². The summed E-state index contributed by atoms with van der Waals surface area (Å²) in [6.07, 6.45) is 1.53. The van der Waals surface area contributed by atoms with Crippen molar-refractivity contribution in [1.82, 2.24) is 9.13 Å². The highest BCUT2D eigenvalue weighted by Crippen LogP contribution is 2.06. The molecule has 18 heavy (non-hydrogen) atoms. The monoisotopic (exact) mass is 266 g/mol. The Morgan fingerprint density at radius 2 is 1.89 bits per heavy atom. The lowest BCUT2D eigenvalue weighted by molar-refractivity contribution is 0.569. The van der Waals surface area contributed by atoms with Crippen molar-refractivity contribution in [1.29, 1.82) is 0 Å². The third-order valence-electron chi connectivity index (χ3n) is 3.02. The molecule has 96 valence electrons. The molecule has 0 amide bonds. The van der Waals surface area contributed by atoms with E-state index in [0.717, 1.165) is 12.8 Å². The number of fused-ring (bicyclic) bond motifs is 1. The first kappa shape index (κ1) is 12.9. The molecule has 1 aromatic carbocycles. The van der Waals surface area contributed by atoms with Crippen molar-refractivity contribution in [2.24, 2.45) is 7.05 Å². The molecule has 0 fully saturated rings. The molecule has 0 radical (unpaired) electrons. The topological polar surface area (TPSA) is 44.0 Å².